The van der Waals surface area contributed by atoms with Crippen LogP contribution in [0.1, 0.15) is 12.8 Å². The van der Waals surface area contributed by atoms with Crippen molar-refractivity contribution in [3.05, 3.63) is 12.2 Å². The van der Waals surface area contributed by atoms with Crippen LogP contribution in [-0.2, 0) is 9.53 Å². The zero-order chi connectivity index (χ0) is 7.82. The van der Waals surface area contributed by atoms with Crippen LogP contribution in [0.25, 0.3) is 0 Å². The first-order valence-corrected chi connectivity index (χ1v) is 3.15. The summed E-state index contributed by atoms with van der Waals surface area (Å²) >= 11 is 0. The van der Waals surface area contributed by atoms with Gasteiger partial charge in [-0.3, -0.25) is 0 Å². The Labute approximate surface area is 60.3 Å². The summed E-state index contributed by atoms with van der Waals surface area (Å²) in [5, 5.41) is 8.15. The lowest BCUT2D eigenvalue weighted by Gasteiger charge is -1.91. The van der Waals surface area contributed by atoms with E-state index >= 15 is 0 Å². The Morgan fingerprint density at radius 1 is 1.70 bits per heavy atom. The molecule has 58 valence electrons. The number of carboxylic acid groups (broad SMARTS) is 1. The Morgan fingerprint density at radius 2 is 2.40 bits per heavy atom. The highest BCUT2D eigenvalue weighted by atomic mass is 16.5. The first kappa shape index (κ1) is 9.17. The summed E-state index contributed by atoms with van der Waals surface area (Å²) in [6.07, 6.45) is 4.41. The number of hydrogen-bond donors (Lipinski definition) is 1. The lowest BCUT2D eigenvalue weighted by atomic mass is 10.3. The molecule has 0 aromatic rings. The van der Waals surface area contributed by atoms with Gasteiger partial charge in [0.2, 0.25) is 0 Å². The van der Waals surface area contributed by atoms with E-state index in [1.165, 1.54) is 0 Å². The van der Waals surface area contributed by atoms with E-state index in [1.807, 2.05) is 0 Å². The summed E-state index contributed by atoms with van der Waals surface area (Å²) < 4.78 is 4.77. The van der Waals surface area contributed by atoms with Gasteiger partial charge in [0.05, 0.1) is 0 Å². The molecule has 3 nitrogen and oxygen atoms in total. The van der Waals surface area contributed by atoms with Gasteiger partial charge in [0.25, 0.3) is 0 Å². The lowest BCUT2D eigenvalue weighted by Crippen LogP contribution is -1.88. The molecule has 3 heteroatoms. The average Bonchev–Trinajstić information content (AvgIpc) is 1.87. The van der Waals surface area contributed by atoms with Gasteiger partial charge in [0.15, 0.2) is 0 Å². The summed E-state index contributed by atoms with van der Waals surface area (Å²) in [6, 6.07) is 0. The number of carboxylic acids is 1. The molecule has 10 heavy (non-hydrogen) atoms. The molecule has 0 spiro atoms. The van der Waals surface area contributed by atoms with Crippen molar-refractivity contribution in [2.45, 2.75) is 12.8 Å². The quantitative estimate of drug-likeness (QED) is 0.463. The Hall–Kier alpha value is -0.830. The van der Waals surface area contributed by atoms with E-state index in [0.29, 0.717) is 6.61 Å². The molecule has 0 aliphatic rings. The highest BCUT2D eigenvalue weighted by molar-refractivity contribution is 5.79. The number of unbranched alkanes of at least 4 members (excludes halogenated alkanes) is 1. The normalized spacial score (nSPS) is 10.5. The van der Waals surface area contributed by atoms with Crippen molar-refractivity contribution in [1.29, 1.82) is 0 Å². The van der Waals surface area contributed by atoms with Crippen molar-refractivity contribution in [3.8, 4) is 0 Å². The van der Waals surface area contributed by atoms with Crippen LogP contribution < -0.4 is 0 Å². The van der Waals surface area contributed by atoms with E-state index in [1.54, 1.807) is 13.2 Å². The van der Waals surface area contributed by atoms with Crippen LogP contribution in [0.4, 0.5) is 0 Å². The minimum atomic E-state index is -0.891. The number of carbonyl (C=O) groups is 1. The molecule has 0 heterocycles. The molecule has 0 aromatic heterocycles. The monoisotopic (exact) mass is 144 g/mol. The first-order valence-electron chi connectivity index (χ1n) is 3.15. The van der Waals surface area contributed by atoms with Gasteiger partial charge in [-0.05, 0) is 12.8 Å². The SMILES string of the molecule is COCCCC=CC(=O)O. The minimum absolute atomic E-state index is 0.684. The molecule has 0 bridgehead atoms. The largest absolute Gasteiger partial charge is 0.478 e. The lowest BCUT2D eigenvalue weighted by molar-refractivity contribution is -0.131. The fraction of sp³-hybridized carbons (Fsp3) is 0.571. The summed E-state index contributed by atoms with van der Waals surface area (Å²) in [4.78, 5) is 9.91. The van der Waals surface area contributed by atoms with Gasteiger partial charge in [0, 0.05) is 19.8 Å². The van der Waals surface area contributed by atoms with Crippen LogP contribution >= 0.6 is 0 Å². The van der Waals surface area contributed by atoms with Crippen LogP contribution in [0.3, 0.4) is 0 Å². The second kappa shape index (κ2) is 6.29. The van der Waals surface area contributed by atoms with Crippen molar-refractivity contribution in [2.75, 3.05) is 13.7 Å². The van der Waals surface area contributed by atoms with Gasteiger partial charge in [-0.2, -0.15) is 0 Å². The zero-order valence-electron chi connectivity index (χ0n) is 6.04. The minimum Gasteiger partial charge on any atom is -0.478 e. The maximum Gasteiger partial charge on any atom is 0.327 e. The summed E-state index contributed by atoms with van der Waals surface area (Å²) in [7, 11) is 1.63. The van der Waals surface area contributed by atoms with Crippen LogP contribution in [-0.4, -0.2) is 24.8 Å². The molecular weight excluding hydrogens is 132 g/mol. The van der Waals surface area contributed by atoms with Gasteiger partial charge in [-0.15, -0.1) is 0 Å². The molecule has 0 amide bonds. The molecule has 0 fully saturated rings. The summed E-state index contributed by atoms with van der Waals surface area (Å²) in [6.45, 7) is 0.684. The number of allylic oxidation sites excluding steroid dienone is 1. The molecule has 0 atom stereocenters. The van der Waals surface area contributed by atoms with E-state index in [4.69, 9.17) is 9.84 Å². The third-order valence-corrected chi connectivity index (χ3v) is 0.980. The third-order valence-electron chi connectivity index (χ3n) is 0.980. The fourth-order valence-electron chi connectivity index (χ4n) is 0.530. The van der Waals surface area contributed by atoms with Gasteiger partial charge in [-0.25, -0.2) is 4.79 Å². The zero-order valence-corrected chi connectivity index (χ0v) is 6.04. The maximum absolute atomic E-state index is 9.91. The second-order valence-electron chi connectivity index (χ2n) is 1.88. The fourth-order valence-corrected chi connectivity index (χ4v) is 0.530. The number of methoxy groups -OCH3 is 1. The third kappa shape index (κ3) is 7.17. The summed E-state index contributed by atoms with van der Waals surface area (Å²) in [5.41, 5.74) is 0. The van der Waals surface area contributed by atoms with Crippen LogP contribution in [0, 0.1) is 0 Å². The van der Waals surface area contributed by atoms with E-state index < -0.39 is 5.97 Å². The Bertz CT molecular complexity index is 118. The predicted octanol–water partition coefficient (Wildman–Crippen LogP) is 1.05. The van der Waals surface area contributed by atoms with Crippen LogP contribution in [0.2, 0.25) is 0 Å². The van der Waals surface area contributed by atoms with E-state index in [2.05, 4.69) is 0 Å². The topological polar surface area (TPSA) is 46.5 Å². The van der Waals surface area contributed by atoms with Crippen molar-refractivity contribution in [2.24, 2.45) is 0 Å². The number of ether oxygens (including phenoxy) is 1. The second-order valence-corrected chi connectivity index (χ2v) is 1.88. The van der Waals surface area contributed by atoms with E-state index in [9.17, 15) is 4.79 Å². The standard InChI is InChI=1S/C7H12O3/c1-10-6-4-2-3-5-7(8)9/h3,5H,2,4,6H2,1H3,(H,8,9). The predicted molar refractivity (Wildman–Crippen MR) is 37.9 cm³/mol. The van der Waals surface area contributed by atoms with Gasteiger partial charge >= 0.3 is 5.97 Å². The molecule has 0 radical (unpaired) electrons. The van der Waals surface area contributed by atoms with Crippen molar-refractivity contribution in [3.63, 3.8) is 0 Å². The molecular formula is C7H12O3. The maximum atomic E-state index is 9.91. The van der Waals surface area contributed by atoms with E-state index in [-0.39, 0.29) is 0 Å². The summed E-state index contributed by atoms with van der Waals surface area (Å²) in [5.74, 6) is -0.891. The highest BCUT2D eigenvalue weighted by Gasteiger charge is 1.84. The van der Waals surface area contributed by atoms with Crippen molar-refractivity contribution < 1.29 is 14.6 Å². The molecule has 0 unspecified atom stereocenters. The number of rotatable bonds is 5. The molecule has 1 N–H and O–H groups in total. The van der Waals surface area contributed by atoms with E-state index in [0.717, 1.165) is 18.9 Å². The number of aliphatic carboxylic acids is 1. The molecule has 0 saturated heterocycles. The highest BCUT2D eigenvalue weighted by Crippen LogP contribution is 1.90. The Morgan fingerprint density at radius 3 is 2.90 bits per heavy atom. The van der Waals surface area contributed by atoms with Crippen molar-refractivity contribution in [1.82, 2.24) is 0 Å². The van der Waals surface area contributed by atoms with Gasteiger partial charge in [0.1, 0.15) is 0 Å². The van der Waals surface area contributed by atoms with Crippen molar-refractivity contribution >= 4 is 5.97 Å². The van der Waals surface area contributed by atoms with Gasteiger partial charge < -0.3 is 9.84 Å². The number of hydrogen-bond acceptors (Lipinski definition) is 2. The first-order chi connectivity index (χ1) is 4.77. The molecule has 0 rings (SSSR count). The molecule has 0 aliphatic carbocycles. The average molecular weight is 144 g/mol. The molecule has 0 aromatic carbocycles. The van der Waals surface area contributed by atoms with Crippen LogP contribution in [0.5, 0.6) is 0 Å². The van der Waals surface area contributed by atoms with Crippen LogP contribution in [0.15, 0.2) is 12.2 Å². The molecule has 0 aliphatic heterocycles. The smallest absolute Gasteiger partial charge is 0.327 e. The Balaban J connectivity index is 3.10. The Kier molecular flexibility index (Phi) is 5.77. The molecule has 0 saturated carbocycles. The van der Waals surface area contributed by atoms with Gasteiger partial charge in [-0.1, -0.05) is 6.08 Å².